The van der Waals surface area contributed by atoms with Crippen molar-refractivity contribution in [1.29, 1.82) is 0 Å². The molecule has 3 aromatic rings. The van der Waals surface area contributed by atoms with E-state index in [0.29, 0.717) is 48.4 Å². The van der Waals surface area contributed by atoms with Gasteiger partial charge < -0.3 is 39.0 Å². The molecule has 0 unspecified atom stereocenters. The van der Waals surface area contributed by atoms with Gasteiger partial charge in [0.25, 0.3) is 0 Å². The number of aliphatic hydroxyl groups is 1. The van der Waals surface area contributed by atoms with Crippen molar-refractivity contribution in [3.8, 4) is 11.5 Å². The number of carbonyl (C=O) groups is 2. The van der Waals surface area contributed by atoms with Crippen molar-refractivity contribution in [1.82, 2.24) is 0 Å². The number of ether oxygens (including phenoxy) is 5. The van der Waals surface area contributed by atoms with Gasteiger partial charge in [0.2, 0.25) is 0 Å². The minimum Gasteiger partial charge on any atom is -0.507 e. The zero-order chi connectivity index (χ0) is 33.1. The van der Waals surface area contributed by atoms with Crippen molar-refractivity contribution in [3.63, 3.8) is 0 Å². The van der Waals surface area contributed by atoms with Crippen molar-refractivity contribution >= 4 is 22.3 Å². The fourth-order valence-electron chi connectivity index (χ4n) is 7.58. The first-order valence-electron chi connectivity index (χ1n) is 16.7. The highest BCUT2D eigenvalue weighted by molar-refractivity contribution is 6.33. The molecule has 3 fully saturated rings. The summed E-state index contributed by atoms with van der Waals surface area (Å²) >= 11 is 0. The summed E-state index contributed by atoms with van der Waals surface area (Å²) < 4.78 is 30.9. The maximum absolute atomic E-state index is 13.8. The molecule has 7 rings (SSSR count). The smallest absolute Gasteiger partial charge is 0.198 e. The highest BCUT2D eigenvalue weighted by Gasteiger charge is 2.40. The van der Waals surface area contributed by atoms with Crippen LogP contribution in [0.25, 0.3) is 10.8 Å². The first-order valence-corrected chi connectivity index (χ1v) is 16.7. The number of benzene rings is 3. The Balaban J connectivity index is 1.01. The standard InChI is InChI=1S/C37H42O10/c1-17-15-21-5-6-23-33(32(21)26(39)16-17)36(41)24-8-7-22(35(40)34(24)37(23)42)29-11-10-27(19(3)43-29)46-31-14-12-28(20(4)45-31)47-30-13-9-25(38)18(2)44-30/h5-8,15-16,18-20,25,27-31,38-40H,9-14H2,1-4H3/t18-,19-,20-,25+,27+,28+,29-,30+,31+/m1/s1. The van der Waals surface area contributed by atoms with Crippen LogP contribution in [0.5, 0.6) is 11.5 Å². The summed E-state index contributed by atoms with van der Waals surface area (Å²) in [6, 6.07) is 9.96. The molecular weight excluding hydrogens is 604 g/mol. The Morgan fingerprint density at radius 2 is 1.30 bits per heavy atom. The summed E-state index contributed by atoms with van der Waals surface area (Å²) in [6.07, 6.45) is 1.01. The van der Waals surface area contributed by atoms with Crippen LogP contribution < -0.4 is 0 Å². The van der Waals surface area contributed by atoms with Gasteiger partial charge in [-0.05, 0) is 82.5 Å². The number of carbonyl (C=O) groups excluding carboxylic acids is 2. The van der Waals surface area contributed by atoms with Gasteiger partial charge in [0.15, 0.2) is 24.1 Å². The van der Waals surface area contributed by atoms with E-state index in [1.54, 1.807) is 30.3 Å². The first kappa shape index (κ1) is 32.2. The minimum absolute atomic E-state index is 0.0359. The first-order chi connectivity index (χ1) is 22.5. The number of hydrogen-bond donors (Lipinski definition) is 3. The Kier molecular flexibility index (Phi) is 8.61. The lowest BCUT2D eigenvalue weighted by molar-refractivity contribution is -0.295. The number of fused-ring (bicyclic) bond motifs is 4. The molecule has 3 saturated heterocycles. The molecule has 3 N–H and O–H groups in total. The van der Waals surface area contributed by atoms with Gasteiger partial charge in [0.05, 0.1) is 48.3 Å². The Morgan fingerprint density at radius 3 is 1.98 bits per heavy atom. The second kappa shape index (κ2) is 12.6. The van der Waals surface area contributed by atoms with Gasteiger partial charge in [-0.1, -0.05) is 18.2 Å². The molecule has 0 spiro atoms. The van der Waals surface area contributed by atoms with Crippen LogP contribution in [0.3, 0.4) is 0 Å². The van der Waals surface area contributed by atoms with E-state index >= 15 is 0 Å². The lowest BCUT2D eigenvalue weighted by Crippen LogP contribution is -2.47. The Bertz CT molecular complexity index is 1720. The number of rotatable bonds is 5. The molecule has 47 heavy (non-hydrogen) atoms. The van der Waals surface area contributed by atoms with E-state index in [-0.39, 0.29) is 70.6 Å². The number of aromatic hydroxyl groups is 2. The molecule has 250 valence electrons. The number of aryl methyl sites for hydroxylation is 1. The van der Waals surface area contributed by atoms with Crippen LogP contribution in [-0.4, -0.2) is 76.1 Å². The van der Waals surface area contributed by atoms with Gasteiger partial charge in [0, 0.05) is 40.5 Å². The fourth-order valence-corrected chi connectivity index (χ4v) is 7.58. The quantitative estimate of drug-likeness (QED) is 0.245. The van der Waals surface area contributed by atoms with E-state index in [0.717, 1.165) is 12.0 Å². The number of hydrogen-bond acceptors (Lipinski definition) is 10. The van der Waals surface area contributed by atoms with E-state index < -0.39 is 30.1 Å². The summed E-state index contributed by atoms with van der Waals surface area (Å²) in [4.78, 5) is 27.5. The van der Waals surface area contributed by atoms with Gasteiger partial charge in [-0.15, -0.1) is 0 Å². The number of aliphatic hydroxyl groups excluding tert-OH is 1. The summed E-state index contributed by atoms with van der Waals surface area (Å²) in [5.74, 6) is -1.19. The van der Waals surface area contributed by atoms with Crippen molar-refractivity contribution in [2.45, 2.75) is 122 Å². The lowest BCUT2D eigenvalue weighted by atomic mass is 9.79. The van der Waals surface area contributed by atoms with E-state index in [1.165, 1.54) is 0 Å². The molecule has 1 aliphatic carbocycles. The van der Waals surface area contributed by atoms with E-state index in [4.69, 9.17) is 23.7 Å². The normalized spacial score (nSPS) is 32.7. The molecular formula is C37H42O10. The average molecular weight is 647 g/mol. The van der Waals surface area contributed by atoms with Crippen LogP contribution in [0.1, 0.15) is 108 Å². The zero-order valence-corrected chi connectivity index (χ0v) is 27.1. The van der Waals surface area contributed by atoms with Crippen LogP contribution in [0.15, 0.2) is 36.4 Å². The van der Waals surface area contributed by atoms with Crippen LogP contribution in [0.2, 0.25) is 0 Å². The molecule has 4 aliphatic rings. The summed E-state index contributed by atoms with van der Waals surface area (Å²) in [5.41, 5.74) is 1.67. The van der Waals surface area contributed by atoms with Gasteiger partial charge in [-0.25, -0.2) is 0 Å². The minimum atomic E-state index is -0.497. The van der Waals surface area contributed by atoms with Gasteiger partial charge in [0.1, 0.15) is 11.5 Å². The predicted octanol–water partition coefficient (Wildman–Crippen LogP) is 5.76. The Morgan fingerprint density at radius 1 is 0.702 bits per heavy atom. The van der Waals surface area contributed by atoms with E-state index in [1.807, 2.05) is 33.8 Å². The number of ketones is 2. The van der Waals surface area contributed by atoms with Crippen LogP contribution in [0.4, 0.5) is 0 Å². The van der Waals surface area contributed by atoms with Crippen molar-refractivity contribution in [3.05, 3.63) is 69.8 Å². The second-order valence-corrected chi connectivity index (χ2v) is 13.5. The molecule has 0 bridgehead atoms. The van der Waals surface area contributed by atoms with Gasteiger partial charge in [-0.3, -0.25) is 9.59 Å². The number of phenolic OH excluding ortho intramolecular Hbond substituents is 2. The average Bonchev–Trinajstić information content (AvgIpc) is 3.03. The van der Waals surface area contributed by atoms with Crippen LogP contribution in [0, 0.1) is 6.92 Å². The third-order valence-corrected chi connectivity index (χ3v) is 10.2. The fraction of sp³-hybridized carbons (Fsp3) is 0.514. The molecule has 0 radical (unpaired) electrons. The topological polar surface area (TPSA) is 141 Å². The van der Waals surface area contributed by atoms with Crippen molar-refractivity contribution in [2.75, 3.05) is 0 Å². The molecule has 9 atom stereocenters. The van der Waals surface area contributed by atoms with Gasteiger partial charge >= 0.3 is 0 Å². The van der Waals surface area contributed by atoms with E-state index in [2.05, 4.69) is 0 Å². The van der Waals surface area contributed by atoms with Gasteiger partial charge in [-0.2, -0.15) is 0 Å². The molecule has 10 nitrogen and oxygen atoms in total. The third-order valence-electron chi connectivity index (χ3n) is 10.2. The summed E-state index contributed by atoms with van der Waals surface area (Å²) in [6.45, 7) is 7.59. The van der Waals surface area contributed by atoms with Crippen LogP contribution in [-0.2, 0) is 23.7 Å². The molecule has 0 saturated carbocycles. The summed E-state index contributed by atoms with van der Waals surface area (Å²) in [5, 5.41) is 33.1. The summed E-state index contributed by atoms with van der Waals surface area (Å²) in [7, 11) is 0. The molecule has 3 aromatic carbocycles. The number of phenols is 2. The predicted molar refractivity (Wildman–Crippen MR) is 171 cm³/mol. The second-order valence-electron chi connectivity index (χ2n) is 13.5. The molecule has 3 heterocycles. The highest BCUT2D eigenvalue weighted by Crippen LogP contribution is 2.44. The molecule has 10 heteroatoms. The monoisotopic (exact) mass is 646 g/mol. The van der Waals surface area contributed by atoms with Crippen molar-refractivity contribution < 1.29 is 48.6 Å². The molecule has 0 aromatic heterocycles. The Hall–Kier alpha value is -3.38. The maximum Gasteiger partial charge on any atom is 0.198 e. The largest absolute Gasteiger partial charge is 0.507 e. The molecule has 0 amide bonds. The molecule has 3 aliphatic heterocycles. The highest BCUT2D eigenvalue weighted by atomic mass is 16.7. The Labute approximate surface area is 273 Å². The lowest BCUT2D eigenvalue weighted by Gasteiger charge is -2.41. The van der Waals surface area contributed by atoms with E-state index in [9.17, 15) is 24.9 Å². The SMILES string of the molecule is Cc1cc(O)c2c3c(ccc2c1)C(=O)c1c(ccc([C@H]2CC[C@H](O[C@H]4CC[C@H](O[C@H]5CC[C@H](O)[C@@H](C)O5)[C@@H](C)O4)[C@@H](C)O2)c1O)C3=O. The van der Waals surface area contributed by atoms with Crippen LogP contribution >= 0.6 is 0 Å². The maximum atomic E-state index is 13.8. The third kappa shape index (κ3) is 5.85. The zero-order valence-electron chi connectivity index (χ0n) is 27.1. The van der Waals surface area contributed by atoms with Crippen molar-refractivity contribution in [2.24, 2.45) is 0 Å².